The van der Waals surface area contributed by atoms with Crippen molar-refractivity contribution in [3.05, 3.63) is 138 Å². The lowest BCUT2D eigenvalue weighted by molar-refractivity contribution is 0.0517. The van der Waals surface area contributed by atoms with Gasteiger partial charge in [-0.3, -0.25) is 4.79 Å². The number of amides is 13. The SMILES string of the molecule is CCCOCCCCCOCCNC(=O)c1ccc2c(c1)NC(=O)NCc1c(C)c3c(CC)c(c1CC)CNC(=O)Nc1cc(C(=O)OCC)ccc1NC(=O)NCc1c(CC)c(c(CC)c(c1CC)CNC(=O)N2)CCNC(=O)Nc1ccc(C(=O)OCC)cc1NC(=O)NC3. The van der Waals surface area contributed by atoms with Gasteiger partial charge in [-0.1, -0.05) is 41.5 Å². The molecule has 0 spiro atoms. The quantitative estimate of drug-likeness (QED) is 0.0240. The van der Waals surface area contributed by atoms with E-state index in [1.165, 1.54) is 54.6 Å². The normalized spacial score (nSPS) is 14.1. The monoisotopic (exact) mass is 1340 g/mol. The first kappa shape index (κ1) is 74.4. The first-order valence-corrected chi connectivity index (χ1v) is 33.7. The van der Waals surface area contributed by atoms with Crippen LogP contribution in [-0.4, -0.2) is 107 Å². The molecule has 5 aromatic carbocycles. The summed E-state index contributed by atoms with van der Waals surface area (Å²) in [6.07, 6.45) is 6.21. The molecule has 13 N–H and O–H groups in total. The van der Waals surface area contributed by atoms with Crippen molar-refractivity contribution in [1.29, 1.82) is 0 Å². The molecular weight excluding hydrogens is 1240 g/mol. The van der Waals surface area contributed by atoms with Gasteiger partial charge in [-0.15, -0.1) is 0 Å². The molecule has 0 aliphatic carbocycles. The molecular formula is C71H95N13O13. The third kappa shape index (κ3) is 20.3. The number of benzene rings is 5. The molecule has 13 amide bonds. The molecule has 0 fully saturated rings. The first-order chi connectivity index (χ1) is 46.9. The maximum absolute atomic E-state index is 14.6. The molecule has 3 heterocycles. The Morgan fingerprint density at radius 1 is 0.392 bits per heavy atom. The third-order valence-corrected chi connectivity index (χ3v) is 16.9. The summed E-state index contributed by atoms with van der Waals surface area (Å²) in [5, 5.41) is 38.1. The van der Waals surface area contributed by atoms with Crippen LogP contribution in [0.3, 0.4) is 0 Å². The third-order valence-electron chi connectivity index (χ3n) is 16.9. The van der Waals surface area contributed by atoms with E-state index in [0.717, 1.165) is 76.8 Å². The van der Waals surface area contributed by atoms with Gasteiger partial charge in [0.1, 0.15) is 0 Å². The summed E-state index contributed by atoms with van der Waals surface area (Å²) in [4.78, 5) is 126. The molecule has 0 atom stereocenters. The van der Waals surface area contributed by atoms with E-state index < -0.39 is 54.0 Å². The van der Waals surface area contributed by atoms with E-state index in [-0.39, 0.29) is 123 Å². The number of fused-ring (bicyclic) bond motifs is 19. The molecule has 0 unspecified atom stereocenters. The summed E-state index contributed by atoms with van der Waals surface area (Å²) >= 11 is 0. The van der Waals surface area contributed by atoms with E-state index in [1.54, 1.807) is 13.8 Å². The molecule has 522 valence electrons. The minimum atomic E-state index is -0.709. The first-order valence-electron chi connectivity index (χ1n) is 33.7. The lowest BCUT2D eigenvalue weighted by atomic mass is 9.82. The molecule has 0 saturated heterocycles. The van der Waals surface area contributed by atoms with Crippen LogP contribution in [0.4, 0.5) is 62.9 Å². The Balaban J connectivity index is 1.38. The van der Waals surface area contributed by atoms with Gasteiger partial charge in [0.05, 0.1) is 65.1 Å². The van der Waals surface area contributed by atoms with E-state index in [4.69, 9.17) is 18.9 Å². The number of hydrogen-bond acceptors (Lipinski definition) is 13. The number of anilines is 6. The topological polar surface area (TPSA) is 347 Å². The van der Waals surface area contributed by atoms with Gasteiger partial charge in [0.15, 0.2) is 0 Å². The standard InChI is InChI=1S/C71H95N13O13/c1-10-30-94-31-19-18-20-32-95-33-29-72-63(85)43-21-24-57-60(34-43)82-69(91)74-37-52-42(9)53-38-75-70(92)83-61-35-44(64(86)96-16-7)22-25-58(61)79-66(88)73-28-27-51-46(11-2)54(39-76-67(89)80-57)50(15-6)55(47(51)12-3)40-77-68(90)81-59-26-23-45(65(87)97-17-8)36-62(59)84-71(93)78-41-56(48(52)13-4)49(53)14-5/h21-26,34-36H,10-20,27-33,37-41H2,1-9H3,(H,72,85)(H2,73,79,88)(H2,74,82,91)(H2,75,83,92)(H2,76,80,89)(H2,77,81,90)(H2,78,84,93). The Morgan fingerprint density at radius 3 is 1.12 bits per heavy atom. The zero-order valence-electron chi connectivity index (χ0n) is 57.3. The van der Waals surface area contributed by atoms with Crippen molar-refractivity contribution in [3.63, 3.8) is 0 Å². The molecule has 3 aliphatic heterocycles. The Labute approximate surface area is 567 Å². The summed E-state index contributed by atoms with van der Waals surface area (Å²) in [6.45, 7) is 19.4. The highest BCUT2D eigenvalue weighted by Crippen LogP contribution is 2.34. The summed E-state index contributed by atoms with van der Waals surface area (Å²) in [7, 11) is 0. The molecule has 8 rings (SSSR count). The second-order valence-corrected chi connectivity index (χ2v) is 23.1. The smallest absolute Gasteiger partial charge is 0.338 e. The highest BCUT2D eigenvalue weighted by Gasteiger charge is 2.27. The predicted octanol–water partition coefficient (Wildman–Crippen LogP) is 11.1. The van der Waals surface area contributed by atoms with Crippen molar-refractivity contribution in [2.75, 3.05) is 84.6 Å². The largest absolute Gasteiger partial charge is 0.462 e. The van der Waals surface area contributed by atoms with Crippen molar-refractivity contribution in [2.24, 2.45) is 0 Å². The number of ether oxygens (including phenoxy) is 4. The number of carbonyl (C=O) groups is 9. The maximum Gasteiger partial charge on any atom is 0.338 e. The average Bonchev–Trinajstić information content (AvgIpc) is 0.782. The van der Waals surface area contributed by atoms with Crippen molar-refractivity contribution in [1.82, 2.24) is 37.2 Å². The second-order valence-electron chi connectivity index (χ2n) is 23.1. The molecule has 3 aliphatic rings. The second kappa shape index (κ2) is 37.4. The van der Waals surface area contributed by atoms with Crippen LogP contribution >= 0.6 is 0 Å². The molecule has 6 bridgehead atoms. The van der Waals surface area contributed by atoms with Gasteiger partial charge < -0.3 is 88.1 Å². The van der Waals surface area contributed by atoms with Crippen LogP contribution in [0.2, 0.25) is 0 Å². The number of rotatable bonds is 21. The van der Waals surface area contributed by atoms with Crippen LogP contribution < -0.4 is 69.1 Å². The van der Waals surface area contributed by atoms with Crippen LogP contribution in [0, 0.1) is 6.92 Å². The van der Waals surface area contributed by atoms with Gasteiger partial charge in [0.2, 0.25) is 0 Å². The van der Waals surface area contributed by atoms with Crippen molar-refractivity contribution >= 4 is 88.2 Å². The number of nitrogens with one attached hydrogen (secondary N) is 13. The zero-order valence-corrected chi connectivity index (χ0v) is 57.3. The molecule has 26 nitrogen and oxygen atoms in total. The van der Waals surface area contributed by atoms with Crippen molar-refractivity contribution in [2.45, 2.75) is 159 Å². The highest BCUT2D eigenvalue weighted by molar-refractivity contribution is 6.04. The van der Waals surface area contributed by atoms with Crippen LogP contribution in [-0.2, 0) is 90.2 Å². The Hall–Kier alpha value is -9.95. The van der Waals surface area contributed by atoms with E-state index in [0.29, 0.717) is 67.6 Å². The van der Waals surface area contributed by atoms with Gasteiger partial charge in [-0.25, -0.2) is 38.4 Å². The molecule has 0 saturated carbocycles. The molecule has 0 radical (unpaired) electrons. The lowest BCUT2D eigenvalue weighted by Crippen LogP contribution is -2.34. The minimum Gasteiger partial charge on any atom is -0.462 e. The Bertz CT molecular complexity index is 3690. The van der Waals surface area contributed by atoms with Gasteiger partial charge in [-0.05, 0) is 206 Å². The van der Waals surface area contributed by atoms with Gasteiger partial charge in [0.25, 0.3) is 5.91 Å². The number of carbonyl (C=O) groups excluding carboxylic acids is 9. The van der Waals surface area contributed by atoms with Gasteiger partial charge in [0, 0.05) is 71.2 Å². The molecule has 26 heteroatoms. The van der Waals surface area contributed by atoms with Crippen LogP contribution in [0.25, 0.3) is 0 Å². The summed E-state index contributed by atoms with van der Waals surface area (Å²) < 4.78 is 22.0. The fourth-order valence-corrected chi connectivity index (χ4v) is 12.3. The van der Waals surface area contributed by atoms with E-state index >= 15 is 0 Å². The minimum absolute atomic E-state index is 0.0167. The summed E-state index contributed by atoms with van der Waals surface area (Å²) in [6, 6.07) is 9.23. The maximum atomic E-state index is 14.6. The molecule has 5 aromatic rings. The zero-order chi connectivity index (χ0) is 70.0. The van der Waals surface area contributed by atoms with Crippen molar-refractivity contribution < 1.29 is 62.1 Å². The van der Waals surface area contributed by atoms with Crippen molar-refractivity contribution in [3.8, 4) is 0 Å². The average molecular weight is 1340 g/mol. The van der Waals surface area contributed by atoms with E-state index in [9.17, 15) is 43.2 Å². The summed E-state index contributed by atoms with van der Waals surface area (Å²) in [5.74, 6) is -1.76. The lowest BCUT2D eigenvalue weighted by Gasteiger charge is -2.27. The van der Waals surface area contributed by atoms with Crippen LogP contribution in [0.5, 0.6) is 0 Å². The van der Waals surface area contributed by atoms with E-state index in [2.05, 4.69) is 76.0 Å². The molecule has 97 heavy (non-hydrogen) atoms. The van der Waals surface area contributed by atoms with Gasteiger partial charge in [-0.2, -0.15) is 0 Å². The fourth-order valence-electron chi connectivity index (χ4n) is 12.3. The summed E-state index contributed by atoms with van der Waals surface area (Å²) in [5.41, 5.74) is 10.3. The van der Waals surface area contributed by atoms with Crippen LogP contribution in [0.15, 0.2) is 54.6 Å². The number of hydrogen-bond donors (Lipinski definition) is 13. The fraction of sp³-hybridized carbons (Fsp3) is 0.451. The number of urea groups is 6. The van der Waals surface area contributed by atoms with Gasteiger partial charge >= 0.3 is 48.1 Å². The number of unbranched alkanes of at least 4 members (excludes halogenated alkanes) is 2. The Kier molecular flexibility index (Phi) is 28.7. The molecule has 0 aromatic heterocycles. The van der Waals surface area contributed by atoms with E-state index in [1.807, 2.05) is 41.5 Å². The number of esters is 2. The van der Waals surface area contributed by atoms with Crippen LogP contribution in [0.1, 0.15) is 179 Å². The Morgan fingerprint density at radius 2 is 0.732 bits per heavy atom. The highest BCUT2D eigenvalue weighted by atomic mass is 16.5. The predicted molar refractivity (Wildman–Crippen MR) is 374 cm³/mol.